The smallest absolute Gasteiger partial charge is 0.224 e. The van der Waals surface area contributed by atoms with Crippen LogP contribution in [0, 0.1) is 5.92 Å². The Bertz CT molecular complexity index is 1220. The normalized spacial score (nSPS) is 15.8. The third kappa shape index (κ3) is 11.0. The van der Waals surface area contributed by atoms with Crippen LogP contribution in [0.3, 0.4) is 0 Å². The fourth-order valence-electron chi connectivity index (χ4n) is 6.12. The molecule has 244 valence electrons. The molecule has 1 saturated heterocycles. The number of rotatable bonds is 18. The lowest BCUT2D eigenvalue weighted by atomic mass is 9.94. The van der Waals surface area contributed by atoms with E-state index in [1.54, 1.807) is 33.5 Å². The van der Waals surface area contributed by atoms with Crippen LogP contribution in [-0.2, 0) is 17.6 Å². The van der Waals surface area contributed by atoms with E-state index in [1.165, 1.54) is 11.1 Å². The molecule has 1 aliphatic rings. The number of benzene rings is 3. The topological polar surface area (TPSA) is 89.5 Å². The van der Waals surface area contributed by atoms with Crippen LogP contribution in [0.1, 0.15) is 49.7 Å². The minimum absolute atomic E-state index is 0.0901. The predicted molar refractivity (Wildman–Crippen MR) is 177 cm³/mol. The van der Waals surface area contributed by atoms with Crippen molar-refractivity contribution in [3.8, 4) is 23.0 Å². The van der Waals surface area contributed by atoms with Gasteiger partial charge < -0.3 is 29.4 Å². The number of aliphatic hydroxyl groups excluding tert-OH is 1. The summed E-state index contributed by atoms with van der Waals surface area (Å²) in [7, 11) is 4.65. The molecule has 3 aromatic rings. The number of hydrogen-bond donors (Lipinski definition) is 2. The number of amides is 1. The molecule has 3 aromatic carbocycles. The molecule has 0 aromatic heterocycles. The van der Waals surface area contributed by atoms with Crippen molar-refractivity contribution in [2.75, 3.05) is 47.6 Å². The fraction of sp³-hybridized carbons (Fsp3) is 0.486. The van der Waals surface area contributed by atoms with E-state index in [0.29, 0.717) is 36.1 Å². The summed E-state index contributed by atoms with van der Waals surface area (Å²) >= 11 is 0. The van der Waals surface area contributed by atoms with E-state index >= 15 is 0 Å². The summed E-state index contributed by atoms with van der Waals surface area (Å²) in [6.07, 6.45) is 7.09. The van der Waals surface area contributed by atoms with Crippen molar-refractivity contribution in [2.24, 2.45) is 5.92 Å². The molecule has 0 saturated carbocycles. The first-order valence-corrected chi connectivity index (χ1v) is 16.2. The van der Waals surface area contributed by atoms with Gasteiger partial charge in [0.1, 0.15) is 18.5 Å². The van der Waals surface area contributed by atoms with Crippen LogP contribution in [0.4, 0.5) is 0 Å². The number of nitrogens with one attached hydrogen (secondary N) is 1. The molecule has 8 nitrogen and oxygen atoms in total. The summed E-state index contributed by atoms with van der Waals surface area (Å²) in [4.78, 5) is 15.7. The number of carbonyl (C=O) groups excluding carboxylic acids is 1. The van der Waals surface area contributed by atoms with Gasteiger partial charge in [0.25, 0.3) is 0 Å². The van der Waals surface area contributed by atoms with Crippen molar-refractivity contribution < 1.29 is 28.8 Å². The summed E-state index contributed by atoms with van der Waals surface area (Å²) in [5.41, 5.74) is 2.67. The summed E-state index contributed by atoms with van der Waals surface area (Å²) in [6, 6.07) is 24.7. The number of aryl methyl sites for hydroxylation is 2. The Morgan fingerprint density at radius 2 is 1.47 bits per heavy atom. The van der Waals surface area contributed by atoms with Crippen LogP contribution in [0.15, 0.2) is 72.8 Å². The van der Waals surface area contributed by atoms with Gasteiger partial charge in [0.05, 0.1) is 27.2 Å². The first kappa shape index (κ1) is 34.1. The highest BCUT2D eigenvalue weighted by Crippen LogP contribution is 2.40. The second-order valence-electron chi connectivity index (χ2n) is 11.9. The molecule has 2 N–H and O–H groups in total. The number of nitrogens with zero attached hydrogens (tertiary/aromatic N) is 1. The molecule has 2 atom stereocenters. The number of hydrogen-bond acceptors (Lipinski definition) is 7. The largest absolute Gasteiger partial charge is 0.493 e. The summed E-state index contributed by atoms with van der Waals surface area (Å²) in [5, 5.41) is 14.2. The van der Waals surface area contributed by atoms with Crippen molar-refractivity contribution in [3.63, 3.8) is 0 Å². The summed E-state index contributed by atoms with van der Waals surface area (Å²) < 4.78 is 22.1. The summed E-state index contributed by atoms with van der Waals surface area (Å²) in [6.45, 7) is 2.03. The van der Waals surface area contributed by atoms with Crippen LogP contribution in [0.25, 0.3) is 0 Å². The van der Waals surface area contributed by atoms with Gasteiger partial charge in [0.15, 0.2) is 11.5 Å². The third-order valence-electron chi connectivity index (χ3n) is 8.49. The molecular weight excluding hydrogens is 568 g/mol. The zero-order valence-electron chi connectivity index (χ0n) is 27.1. The van der Waals surface area contributed by atoms with Crippen molar-refractivity contribution >= 4 is 5.91 Å². The van der Waals surface area contributed by atoms with Crippen LogP contribution < -0.4 is 24.3 Å². The maximum atomic E-state index is 13.5. The molecule has 8 heteroatoms. The Balaban J connectivity index is 1.27. The Hall–Kier alpha value is -3.75. The molecule has 0 bridgehead atoms. The minimum atomic E-state index is -0.713. The second kappa shape index (κ2) is 18.3. The van der Waals surface area contributed by atoms with Gasteiger partial charge in [-0.15, -0.1) is 0 Å². The lowest BCUT2D eigenvalue weighted by molar-refractivity contribution is -0.127. The third-order valence-corrected chi connectivity index (χ3v) is 8.49. The zero-order chi connectivity index (χ0) is 31.9. The molecule has 1 fully saturated rings. The van der Waals surface area contributed by atoms with Crippen LogP contribution in [0.2, 0.25) is 0 Å². The first-order chi connectivity index (χ1) is 22.0. The molecule has 0 spiro atoms. The Labute approximate surface area is 268 Å². The molecule has 1 amide bonds. The number of aliphatic hydroxyl groups is 1. The minimum Gasteiger partial charge on any atom is -0.493 e. The molecule has 1 aliphatic heterocycles. The molecule has 1 unspecified atom stereocenters. The molecule has 0 radical (unpaired) electrons. The lowest BCUT2D eigenvalue weighted by Crippen LogP contribution is -2.48. The lowest BCUT2D eigenvalue weighted by Gasteiger charge is -2.34. The number of ether oxygens (including phenoxy) is 4. The van der Waals surface area contributed by atoms with E-state index in [2.05, 4.69) is 58.7 Å². The van der Waals surface area contributed by atoms with Gasteiger partial charge in [-0.05, 0) is 69.0 Å². The Morgan fingerprint density at radius 1 is 0.889 bits per heavy atom. The number of likely N-dealkylation sites (tertiary alicyclic amines) is 1. The molecule has 4 rings (SSSR count). The Kier molecular flexibility index (Phi) is 13.9. The monoisotopic (exact) mass is 618 g/mol. The van der Waals surface area contributed by atoms with Gasteiger partial charge in [-0.25, -0.2) is 0 Å². The Morgan fingerprint density at radius 3 is 2.00 bits per heavy atom. The first-order valence-electron chi connectivity index (χ1n) is 16.2. The maximum Gasteiger partial charge on any atom is 0.224 e. The SMILES string of the molecule is COc1cc(OC[C@H](O)CN2CCCC(C(=O)NC(CCCc3ccccc3)CCCc3ccccc3)C2)cc(OC)c1OC. The number of β-amino-alcohol motifs (C(OH)–C–C–N with tert-alkyl or cyclic N) is 1. The fourth-order valence-corrected chi connectivity index (χ4v) is 6.12. The van der Waals surface area contributed by atoms with Crippen LogP contribution in [-0.4, -0.2) is 75.6 Å². The highest BCUT2D eigenvalue weighted by atomic mass is 16.5. The van der Waals surface area contributed by atoms with Gasteiger partial charge in [-0.3, -0.25) is 9.69 Å². The van der Waals surface area contributed by atoms with E-state index in [-0.39, 0.29) is 24.5 Å². The van der Waals surface area contributed by atoms with E-state index in [1.807, 2.05) is 12.1 Å². The molecule has 1 heterocycles. The van der Waals surface area contributed by atoms with Crippen molar-refractivity contribution in [2.45, 2.75) is 63.5 Å². The van der Waals surface area contributed by atoms with Crippen LogP contribution in [0.5, 0.6) is 23.0 Å². The van der Waals surface area contributed by atoms with E-state index in [0.717, 1.165) is 57.9 Å². The average molecular weight is 619 g/mol. The number of methoxy groups -OCH3 is 3. The van der Waals surface area contributed by atoms with Gasteiger partial charge in [0.2, 0.25) is 11.7 Å². The molecular formula is C37H50N2O6. The zero-order valence-corrected chi connectivity index (χ0v) is 27.1. The van der Waals surface area contributed by atoms with Crippen LogP contribution >= 0.6 is 0 Å². The molecule has 45 heavy (non-hydrogen) atoms. The van der Waals surface area contributed by atoms with E-state index in [9.17, 15) is 9.90 Å². The quantitative estimate of drug-likeness (QED) is 0.189. The van der Waals surface area contributed by atoms with Crippen molar-refractivity contribution in [1.82, 2.24) is 10.2 Å². The van der Waals surface area contributed by atoms with Gasteiger partial charge >= 0.3 is 0 Å². The van der Waals surface area contributed by atoms with E-state index < -0.39 is 6.10 Å². The highest BCUT2D eigenvalue weighted by molar-refractivity contribution is 5.79. The second-order valence-corrected chi connectivity index (χ2v) is 11.9. The summed E-state index contributed by atoms with van der Waals surface area (Å²) in [5.74, 6) is 2.03. The van der Waals surface area contributed by atoms with E-state index in [4.69, 9.17) is 18.9 Å². The number of carbonyl (C=O) groups is 1. The average Bonchev–Trinajstić information content (AvgIpc) is 3.07. The number of piperidine rings is 1. The van der Waals surface area contributed by atoms with Gasteiger partial charge in [-0.2, -0.15) is 0 Å². The molecule has 0 aliphatic carbocycles. The van der Waals surface area contributed by atoms with Gasteiger partial charge in [-0.1, -0.05) is 60.7 Å². The highest BCUT2D eigenvalue weighted by Gasteiger charge is 2.28. The van der Waals surface area contributed by atoms with Crippen molar-refractivity contribution in [1.29, 1.82) is 0 Å². The van der Waals surface area contributed by atoms with Gasteiger partial charge in [0, 0.05) is 31.3 Å². The standard InChI is InChI=1S/C37H50N2O6/c1-42-34-23-33(24-35(43-2)36(34)44-3)45-27-32(40)26-39-22-12-19-30(25-39)37(41)38-31(20-10-17-28-13-6-4-7-14-28)21-11-18-29-15-8-5-9-16-29/h4-9,13-16,23-24,30-32,40H,10-12,17-22,25-27H2,1-3H3,(H,38,41)/t30?,32-/m1/s1. The van der Waals surface area contributed by atoms with Crippen molar-refractivity contribution in [3.05, 3.63) is 83.9 Å². The predicted octanol–water partition coefficient (Wildman–Crippen LogP) is 5.69. The maximum absolute atomic E-state index is 13.5.